The molecule has 0 aromatic carbocycles. The number of nitrogens with one attached hydrogen (secondary N) is 2. The highest BCUT2D eigenvalue weighted by Crippen LogP contribution is 2.27. The SMILES string of the molecule is Cc1nc(Cl)ccc1NC(=O)CNCC1CC1. The van der Waals surface area contributed by atoms with Crippen molar-refractivity contribution in [1.82, 2.24) is 10.3 Å². The number of carbonyl (C=O) groups excluding carboxylic acids is 1. The van der Waals surface area contributed by atoms with Crippen LogP contribution >= 0.6 is 11.6 Å². The number of hydrogen-bond acceptors (Lipinski definition) is 3. The zero-order valence-electron chi connectivity index (χ0n) is 9.79. The maximum absolute atomic E-state index is 11.6. The maximum Gasteiger partial charge on any atom is 0.238 e. The molecule has 1 aromatic rings. The van der Waals surface area contributed by atoms with Crippen molar-refractivity contribution in [3.8, 4) is 0 Å². The molecule has 1 heterocycles. The van der Waals surface area contributed by atoms with Crippen LogP contribution in [0.5, 0.6) is 0 Å². The number of hydrogen-bond donors (Lipinski definition) is 2. The van der Waals surface area contributed by atoms with Gasteiger partial charge in [0.1, 0.15) is 5.15 Å². The third kappa shape index (κ3) is 3.98. The van der Waals surface area contributed by atoms with Crippen molar-refractivity contribution >= 4 is 23.2 Å². The smallest absolute Gasteiger partial charge is 0.238 e. The van der Waals surface area contributed by atoms with Crippen LogP contribution in [0.2, 0.25) is 5.15 Å². The monoisotopic (exact) mass is 253 g/mol. The van der Waals surface area contributed by atoms with E-state index in [1.807, 2.05) is 6.92 Å². The van der Waals surface area contributed by atoms with Gasteiger partial charge in [-0.1, -0.05) is 11.6 Å². The van der Waals surface area contributed by atoms with Crippen molar-refractivity contribution < 1.29 is 4.79 Å². The highest BCUT2D eigenvalue weighted by Gasteiger charge is 2.20. The Balaban J connectivity index is 1.79. The van der Waals surface area contributed by atoms with E-state index in [4.69, 9.17) is 11.6 Å². The number of rotatable bonds is 5. The van der Waals surface area contributed by atoms with Crippen LogP contribution in [0, 0.1) is 12.8 Å². The lowest BCUT2D eigenvalue weighted by Gasteiger charge is -2.08. The van der Waals surface area contributed by atoms with Crippen LogP contribution in [0.1, 0.15) is 18.5 Å². The molecule has 5 heteroatoms. The molecule has 0 unspecified atom stereocenters. The normalized spacial score (nSPS) is 14.7. The largest absolute Gasteiger partial charge is 0.323 e. The number of aryl methyl sites for hydroxylation is 1. The van der Waals surface area contributed by atoms with E-state index in [0.717, 1.165) is 18.2 Å². The molecule has 1 fully saturated rings. The van der Waals surface area contributed by atoms with Gasteiger partial charge in [0.2, 0.25) is 5.91 Å². The fraction of sp³-hybridized carbons (Fsp3) is 0.500. The van der Waals surface area contributed by atoms with E-state index in [-0.39, 0.29) is 5.91 Å². The van der Waals surface area contributed by atoms with Crippen molar-refractivity contribution in [3.05, 3.63) is 23.0 Å². The summed E-state index contributed by atoms with van der Waals surface area (Å²) in [6, 6.07) is 3.44. The molecule has 17 heavy (non-hydrogen) atoms. The standard InChI is InChI=1S/C12H16ClN3O/c1-8-10(4-5-11(13)15-8)16-12(17)7-14-6-9-2-3-9/h4-5,9,14H,2-3,6-7H2,1H3,(H,16,17). The number of pyridine rings is 1. The summed E-state index contributed by atoms with van der Waals surface area (Å²) in [5.41, 5.74) is 1.45. The third-order valence-corrected chi connectivity index (χ3v) is 2.95. The fourth-order valence-corrected chi connectivity index (χ4v) is 1.76. The van der Waals surface area contributed by atoms with Gasteiger partial charge in [0, 0.05) is 0 Å². The number of anilines is 1. The van der Waals surface area contributed by atoms with E-state index in [9.17, 15) is 4.79 Å². The first-order chi connectivity index (χ1) is 8.15. The molecule has 0 spiro atoms. The lowest BCUT2D eigenvalue weighted by atomic mass is 10.3. The van der Waals surface area contributed by atoms with Crippen LogP contribution in [0.15, 0.2) is 12.1 Å². The van der Waals surface area contributed by atoms with Crippen LogP contribution in [-0.4, -0.2) is 24.0 Å². The van der Waals surface area contributed by atoms with E-state index in [1.54, 1.807) is 12.1 Å². The molecular formula is C12H16ClN3O. The van der Waals surface area contributed by atoms with Gasteiger partial charge in [-0.25, -0.2) is 4.98 Å². The molecule has 1 amide bonds. The summed E-state index contributed by atoms with van der Waals surface area (Å²) < 4.78 is 0. The van der Waals surface area contributed by atoms with Crippen molar-refractivity contribution in [3.63, 3.8) is 0 Å². The molecule has 1 saturated carbocycles. The zero-order valence-corrected chi connectivity index (χ0v) is 10.5. The Labute approximate surface area is 106 Å². The van der Waals surface area contributed by atoms with Crippen molar-refractivity contribution in [2.75, 3.05) is 18.4 Å². The van der Waals surface area contributed by atoms with E-state index < -0.39 is 0 Å². The molecule has 0 atom stereocenters. The fourth-order valence-electron chi connectivity index (χ4n) is 1.57. The van der Waals surface area contributed by atoms with E-state index in [0.29, 0.717) is 17.4 Å². The molecule has 4 nitrogen and oxygen atoms in total. The van der Waals surface area contributed by atoms with Gasteiger partial charge in [-0.2, -0.15) is 0 Å². The van der Waals surface area contributed by atoms with Crippen LogP contribution in [0.4, 0.5) is 5.69 Å². The van der Waals surface area contributed by atoms with Gasteiger partial charge in [-0.15, -0.1) is 0 Å². The van der Waals surface area contributed by atoms with Gasteiger partial charge in [0.25, 0.3) is 0 Å². The minimum atomic E-state index is -0.0436. The summed E-state index contributed by atoms with van der Waals surface area (Å²) in [7, 11) is 0. The van der Waals surface area contributed by atoms with Crippen LogP contribution in [0.3, 0.4) is 0 Å². The molecule has 0 bridgehead atoms. The second-order valence-electron chi connectivity index (χ2n) is 4.39. The predicted molar refractivity (Wildman–Crippen MR) is 68.2 cm³/mol. The van der Waals surface area contributed by atoms with Gasteiger partial charge in [0.15, 0.2) is 0 Å². The highest BCUT2D eigenvalue weighted by atomic mass is 35.5. The highest BCUT2D eigenvalue weighted by molar-refractivity contribution is 6.29. The Bertz CT molecular complexity index is 418. The third-order valence-electron chi connectivity index (χ3n) is 2.74. The second kappa shape index (κ2) is 5.47. The van der Waals surface area contributed by atoms with Crippen LogP contribution in [0.25, 0.3) is 0 Å². The second-order valence-corrected chi connectivity index (χ2v) is 4.78. The number of aromatic nitrogens is 1. The average Bonchev–Trinajstić information content (AvgIpc) is 3.06. The van der Waals surface area contributed by atoms with Crippen LogP contribution < -0.4 is 10.6 Å². The summed E-state index contributed by atoms with van der Waals surface area (Å²) in [5, 5.41) is 6.39. The van der Waals surface area contributed by atoms with Gasteiger partial charge in [0.05, 0.1) is 17.9 Å². The molecule has 2 rings (SSSR count). The molecule has 0 saturated heterocycles. The number of halogens is 1. The quantitative estimate of drug-likeness (QED) is 0.789. The summed E-state index contributed by atoms with van der Waals surface area (Å²) in [5.74, 6) is 0.736. The lowest BCUT2D eigenvalue weighted by Crippen LogP contribution is -2.29. The Kier molecular flexibility index (Phi) is 3.97. The average molecular weight is 254 g/mol. The van der Waals surface area contributed by atoms with Crippen LogP contribution in [-0.2, 0) is 4.79 Å². The molecule has 92 valence electrons. The Morgan fingerprint density at radius 2 is 2.29 bits per heavy atom. The molecule has 1 aromatic heterocycles. The minimum absolute atomic E-state index is 0.0436. The summed E-state index contributed by atoms with van der Waals surface area (Å²) in [4.78, 5) is 15.7. The Morgan fingerprint density at radius 1 is 1.53 bits per heavy atom. The molecule has 2 N–H and O–H groups in total. The minimum Gasteiger partial charge on any atom is -0.323 e. The number of nitrogens with zero attached hydrogens (tertiary/aromatic N) is 1. The predicted octanol–water partition coefficient (Wildman–Crippen LogP) is 1.98. The lowest BCUT2D eigenvalue weighted by molar-refractivity contribution is -0.115. The van der Waals surface area contributed by atoms with Gasteiger partial charge >= 0.3 is 0 Å². The maximum atomic E-state index is 11.6. The number of carbonyl (C=O) groups is 1. The number of amides is 1. The summed E-state index contributed by atoms with van der Waals surface area (Å²) >= 11 is 5.74. The first kappa shape index (κ1) is 12.3. The summed E-state index contributed by atoms with van der Waals surface area (Å²) in [6.45, 7) is 3.10. The first-order valence-electron chi connectivity index (χ1n) is 5.79. The molecule has 0 radical (unpaired) electrons. The first-order valence-corrected chi connectivity index (χ1v) is 6.16. The zero-order chi connectivity index (χ0) is 12.3. The molecule has 1 aliphatic carbocycles. The molecular weight excluding hydrogens is 238 g/mol. The van der Waals surface area contributed by atoms with E-state index in [2.05, 4.69) is 15.6 Å². The molecule has 0 aliphatic heterocycles. The Morgan fingerprint density at radius 3 is 2.94 bits per heavy atom. The van der Waals surface area contributed by atoms with Crippen molar-refractivity contribution in [2.24, 2.45) is 5.92 Å². The van der Waals surface area contributed by atoms with Gasteiger partial charge < -0.3 is 10.6 Å². The van der Waals surface area contributed by atoms with Gasteiger partial charge in [-0.05, 0) is 44.4 Å². The van der Waals surface area contributed by atoms with E-state index >= 15 is 0 Å². The summed E-state index contributed by atoms with van der Waals surface area (Å²) in [6.07, 6.45) is 2.57. The topological polar surface area (TPSA) is 54.0 Å². The molecule has 1 aliphatic rings. The van der Waals surface area contributed by atoms with Crippen molar-refractivity contribution in [1.29, 1.82) is 0 Å². The van der Waals surface area contributed by atoms with Gasteiger partial charge in [-0.3, -0.25) is 4.79 Å². The van der Waals surface area contributed by atoms with E-state index in [1.165, 1.54) is 12.8 Å². The Hall–Kier alpha value is -1.13. The van der Waals surface area contributed by atoms with Crippen molar-refractivity contribution in [2.45, 2.75) is 19.8 Å².